The van der Waals surface area contributed by atoms with Gasteiger partial charge in [0.25, 0.3) is 0 Å². The molecule has 3 aromatic rings. The second kappa shape index (κ2) is 7.77. The van der Waals surface area contributed by atoms with Crippen molar-refractivity contribution in [2.75, 3.05) is 17.7 Å². The van der Waals surface area contributed by atoms with Gasteiger partial charge >= 0.3 is 0 Å². The number of benzene rings is 2. The van der Waals surface area contributed by atoms with E-state index in [2.05, 4.69) is 0 Å². The Morgan fingerprint density at radius 1 is 1.27 bits per heavy atom. The average Bonchev–Trinajstić information content (AvgIpc) is 2.97. The van der Waals surface area contributed by atoms with Gasteiger partial charge < -0.3 is 4.89 Å². The van der Waals surface area contributed by atoms with Crippen LogP contribution in [0.4, 0.5) is 5.69 Å². The fourth-order valence-corrected chi connectivity index (χ4v) is 4.27. The molecule has 1 aromatic heterocycles. The van der Waals surface area contributed by atoms with Crippen molar-refractivity contribution in [2.24, 2.45) is 0 Å². The van der Waals surface area contributed by atoms with Gasteiger partial charge in [-0.2, -0.15) is 0 Å². The monoisotopic (exact) mass is 405 g/mol. The number of hydrogen-bond donors (Lipinski definition) is 1. The molecule has 4 nitrogen and oxygen atoms in total. The van der Waals surface area contributed by atoms with Crippen LogP contribution in [0.2, 0.25) is 5.02 Å². The minimum absolute atomic E-state index is 0.427. The van der Waals surface area contributed by atoms with E-state index in [9.17, 15) is 14.3 Å². The molecule has 26 heavy (non-hydrogen) atoms. The molecule has 0 fully saturated rings. The number of nitrogens with zero attached hydrogens (tertiary/aromatic N) is 1. The third kappa shape index (κ3) is 4.63. The van der Waals surface area contributed by atoms with Crippen molar-refractivity contribution < 1.29 is 14.3 Å². The summed E-state index contributed by atoms with van der Waals surface area (Å²) in [5.41, 5.74) is 1.57. The van der Waals surface area contributed by atoms with Crippen LogP contribution >= 0.6 is 30.3 Å². The van der Waals surface area contributed by atoms with Crippen LogP contribution in [-0.2, 0) is 9.36 Å². The smallest absolute Gasteiger partial charge is 0.240 e. The molecule has 1 amide bonds. The Labute approximate surface area is 160 Å². The van der Waals surface area contributed by atoms with Crippen molar-refractivity contribution in [1.82, 2.24) is 0 Å². The predicted molar refractivity (Wildman–Crippen MR) is 110 cm³/mol. The summed E-state index contributed by atoms with van der Waals surface area (Å²) in [5, 5.41) is 3.25. The van der Waals surface area contributed by atoms with E-state index in [1.54, 1.807) is 24.4 Å². The van der Waals surface area contributed by atoms with Gasteiger partial charge in [0.15, 0.2) is 0 Å². The summed E-state index contributed by atoms with van der Waals surface area (Å²) in [6.45, 7) is 1.19. The highest BCUT2D eigenvalue weighted by Crippen LogP contribution is 2.39. The highest BCUT2D eigenvalue weighted by Gasteiger charge is 2.23. The summed E-state index contributed by atoms with van der Waals surface area (Å²) < 4.78 is 12.7. The Hall–Kier alpha value is -1.91. The van der Waals surface area contributed by atoms with Crippen molar-refractivity contribution >= 4 is 58.1 Å². The van der Waals surface area contributed by atoms with E-state index in [1.807, 2.05) is 41.8 Å². The first-order valence-corrected chi connectivity index (χ1v) is 11.4. The van der Waals surface area contributed by atoms with Gasteiger partial charge in [-0.3, -0.25) is 14.3 Å². The van der Waals surface area contributed by atoms with E-state index in [-0.39, 0.29) is 0 Å². The minimum atomic E-state index is -3.49. The maximum atomic E-state index is 12.7. The second-order valence-electron chi connectivity index (χ2n) is 5.96. The van der Waals surface area contributed by atoms with Gasteiger partial charge in [-0.15, -0.1) is 11.3 Å². The molecule has 1 unspecified atom stereocenters. The lowest BCUT2D eigenvalue weighted by atomic mass is 10.2. The van der Waals surface area contributed by atoms with Gasteiger partial charge in [-0.1, -0.05) is 41.9 Å². The Balaban J connectivity index is 2.04. The predicted octanol–water partition coefficient (Wildman–Crippen LogP) is 5.46. The maximum absolute atomic E-state index is 12.7. The molecule has 0 saturated heterocycles. The molecule has 0 aliphatic carbocycles. The van der Waals surface area contributed by atoms with Crippen LogP contribution in [0.1, 0.15) is 5.56 Å². The molecule has 1 atom stereocenters. The SMILES string of the molecule is CP(=O)(O)CC(=O)N(/C=C/c1ccccc1)c1csc2ccc(Cl)cc12. The van der Waals surface area contributed by atoms with Crippen molar-refractivity contribution in [1.29, 1.82) is 0 Å². The molecular weight excluding hydrogens is 389 g/mol. The molecule has 2 aromatic carbocycles. The van der Waals surface area contributed by atoms with Gasteiger partial charge in [0.1, 0.15) is 6.16 Å². The first kappa shape index (κ1) is 18.9. The van der Waals surface area contributed by atoms with Crippen LogP contribution < -0.4 is 4.90 Å². The van der Waals surface area contributed by atoms with Gasteiger partial charge in [0, 0.05) is 33.4 Å². The average molecular weight is 406 g/mol. The van der Waals surface area contributed by atoms with Crippen LogP contribution in [0.5, 0.6) is 0 Å². The Morgan fingerprint density at radius 2 is 2.00 bits per heavy atom. The molecule has 0 aliphatic heterocycles. The zero-order chi connectivity index (χ0) is 18.7. The third-order valence-corrected chi connectivity index (χ3v) is 5.73. The van der Waals surface area contributed by atoms with Crippen LogP contribution in [0.3, 0.4) is 0 Å². The van der Waals surface area contributed by atoms with Gasteiger partial charge in [-0.25, -0.2) is 0 Å². The summed E-state index contributed by atoms with van der Waals surface area (Å²) in [5.74, 6) is -0.440. The van der Waals surface area contributed by atoms with E-state index < -0.39 is 19.4 Å². The highest BCUT2D eigenvalue weighted by atomic mass is 35.5. The lowest BCUT2D eigenvalue weighted by Gasteiger charge is -2.19. The summed E-state index contributed by atoms with van der Waals surface area (Å²) in [4.78, 5) is 23.8. The number of fused-ring (bicyclic) bond motifs is 1. The summed E-state index contributed by atoms with van der Waals surface area (Å²) in [6, 6.07) is 15.0. The van der Waals surface area contributed by atoms with Crippen LogP contribution in [0.15, 0.2) is 60.1 Å². The van der Waals surface area contributed by atoms with Crippen LogP contribution in [0, 0.1) is 0 Å². The second-order valence-corrected chi connectivity index (χ2v) is 9.73. The highest BCUT2D eigenvalue weighted by molar-refractivity contribution is 7.58. The number of rotatable bonds is 5. The van der Waals surface area contributed by atoms with Gasteiger partial charge in [0.05, 0.1) is 5.69 Å². The molecule has 7 heteroatoms. The molecule has 1 heterocycles. The largest absolute Gasteiger partial charge is 0.344 e. The molecule has 1 N–H and O–H groups in total. The van der Waals surface area contributed by atoms with E-state index >= 15 is 0 Å². The number of thiophene rings is 1. The molecule has 3 rings (SSSR count). The normalized spacial score (nSPS) is 13.8. The number of carbonyl (C=O) groups is 1. The number of anilines is 1. The third-order valence-electron chi connectivity index (χ3n) is 3.69. The first-order valence-electron chi connectivity index (χ1n) is 7.85. The minimum Gasteiger partial charge on any atom is -0.344 e. The van der Waals surface area contributed by atoms with Crippen LogP contribution in [-0.4, -0.2) is 23.6 Å². The summed E-state index contributed by atoms with van der Waals surface area (Å²) in [7, 11) is -3.49. The molecule has 0 bridgehead atoms. The van der Waals surface area contributed by atoms with Gasteiger partial charge in [-0.05, 0) is 29.8 Å². The Morgan fingerprint density at radius 3 is 2.69 bits per heavy atom. The Kier molecular flexibility index (Phi) is 5.64. The Bertz CT molecular complexity index is 1010. The number of hydrogen-bond acceptors (Lipinski definition) is 3. The van der Waals surface area contributed by atoms with E-state index in [1.165, 1.54) is 22.9 Å². The van der Waals surface area contributed by atoms with Crippen LogP contribution in [0.25, 0.3) is 16.2 Å². The van der Waals surface area contributed by atoms with Crippen molar-refractivity contribution in [3.8, 4) is 0 Å². The molecular formula is C19H17ClNO3PS. The quantitative estimate of drug-likeness (QED) is 0.573. The maximum Gasteiger partial charge on any atom is 0.240 e. The lowest BCUT2D eigenvalue weighted by molar-refractivity contribution is -0.115. The zero-order valence-electron chi connectivity index (χ0n) is 14.0. The molecule has 0 saturated carbocycles. The standard InChI is InChI=1S/C19H17ClNO3PS/c1-25(23,24)12-19(22)21(10-9-14-5-3-2-4-6-14)17-13-26-18-8-7-15(20)11-16(17)18/h2-11,13H,12H2,1H3,(H,23,24)/b10-9+. The first-order chi connectivity index (χ1) is 12.3. The molecule has 134 valence electrons. The number of carbonyl (C=O) groups excluding carboxylic acids is 1. The topological polar surface area (TPSA) is 57.6 Å². The zero-order valence-corrected chi connectivity index (χ0v) is 16.5. The van der Waals surface area contributed by atoms with E-state index in [0.29, 0.717) is 10.7 Å². The number of amides is 1. The van der Waals surface area contributed by atoms with Crippen molar-refractivity contribution in [3.05, 3.63) is 70.7 Å². The fraction of sp³-hybridized carbons (Fsp3) is 0.105. The van der Waals surface area contributed by atoms with Crippen molar-refractivity contribution in [2.45, 2.75) is 0 Å². The molecule has 0 spiro atoms. The summed E-state index contributed by atoms with van der Waals surface area (Å²) >= 11 is 7.60. The lowest BCUT2D eigenvalue weighted by Crippen LogP contribution is -2.27. The van der Waals surface area contributed by atoms with Gasteiger partial charge in [0.2, 0.25) is 13.3 Å². The van der Waals surface area contributed by atoms with E-state index in [4.69, 9.17) is 11.6 Å². The molecule has 0 radical (unpaired) electrons. The van der Waals surface area contributed by atoms with Crippen molar-refractivity contribution in [3.63, 3.8) is 0 Å². The van der Waals surface area contributed by atoms with E-state index in [0.717, 1.165) is 15.6 Å². The fourth-order valence-electron chi connectivity index (χ4n) is 2.52. The molecule has 0 aliphatic rings. The number of halogens is 1. The summed E-state index contributed by atoms with van der Waals surface area (Å²) in [6.07, 6.45) is 3.00.